The lowest BCUT2D eigenvalue weighted by atomic mass is 10.1. The number of likely N-dealkylation sites (N-methyl/N-ethyl adjacent to an activating group) is 1. The summed E-state index contributed by atoms with van der Waals surface area (Å²) in [4.78, 5) is 14.4. The highest BCUT2D eigenvalue weighted by atomic mass is 35.5. The maximum atomic E-state index is 12.3. The van der Waals surface area contributed by atoms with Crippen LogP contribution in [0.15, 0.2) is 24.3 Å². The molecule has 0 radical (unpaired) electrons. The number of carbonyl (C=O) groups excluding carboxylic acids is 1. The van der Waals surface area contributed by atoms with E-state index in [2.05, 4.69) is 41.4 Å². The largest absolute Gasteiger partial charge is 0.338 e. The Balaban J connectivity index is 0.00000220. The van der Waals surface area contributed by atoms with Crippen molar-refractivity contribution in [3.63, 3.8) is 0 Å². The number of nitrogens with zero attached hydrogens (tertiary/aromatic N) is 1. The van der Waals surface area contributed by atoms with Crippen molar-refractivity contribution in [3.05, 3.63) is 35.4 Å². The summed E-state index contributed by atoms with van der Waals surface area (Å²) in [5, 5.41) is 3.19. The number of rotatable bonds is 6. The van der Waals surface area contributed by atoms with Gasteiger partial charge < -0.3 is 10.2 Å². The Bertz CT molecular complexity index is 433. The summed E-state index contributed by atoms with van der Waals surface area (Å²) in [5.41, 5.74) is 2.62. The average Bonchev–Trinajstić information content (AvgIpc) is 2.94. The van der Waals surface area contributed by atoms with E-state index in [-0.39, 0.29) is 12.4 Å². The number of likely N-dealkylation sites (tertiary alicyclic amines) is 1. The van der Waals surface area contributed by atoms with Gasteiger partial charge >= 0.3 is 0 Å². The molecule has 118 valence electrons. The molecule has 21 heavy (non-hydrogen) atoms. The SMILES string of the molecule is CCc1ccc(CCC(=O)N2CCCC2CNC)cc1.Cl. The molecular formula is C17H27ClN2O. The highest BCUT2D eigenvalue weighted by molar-refractivity contribution is 5.85. The van der Waals surface area contributed by atoms with E-state index < -0.39 is 0 Å². The Kier molecular flexibility index (Phi) is 7.76. The molecule has 1 saturated heterocycles. The fraction of sp³-hybridized carbons (Fsp3) is 0.588. The van der Waals surface area contributed by atoms with Crippen molar-refractivity contribution in [1.82, 2.24) is 10.2 Å². The Morgan fingerprint density at radius 3 is 2.57 bits per heavy atom. The van der Waals surface area contributed by atoms with Crippen molar-refractivity contribution in [2.24, 2.45) is 0 Å². The van der Waals surface area contributed by atoms with E-state index in [1.807, 2.05) is 7.05 Å². The molecule has 1 aliphatic heterocycles. The number of amides is 1. The van der Waals surface area contributed by atoms with E-state index in [1.165, 1.54) is 11.1 Å². The highest BCUT2D eigenvalue weighted by Crippen LogP contribution is 2.18. The van der Waals surface area contributed by atoms with Crippen LogP contribution in [0.1, 0.15) is 37.3 Å². The van der Waals surface area contributed by atoms with Crippen LogP contribution in [0.4, 0.5) is 0 Å². The lowest BCUT2D eigenvalue weighted by Gasteiger charge is -2.24. The van der Waals surface area contributed by atoms with Crippen molar-refractivity contribution in [2.45, 2.75) is 45.1 Å². The summed E-state index contributed by atoms with van der Waals surface area (Å²) >= 11 is 0. The first-order chi connectivity index (χ1) is 9.74. The van der Waals surface area contributed by atoms with Crippen molar-refractivity contribution in [1.29, 1.82) is 0 Å². The fourth-order valence-corrected chi connectivity index (χ4v) is 2.95. The van der Waals surface area contributed by atoms with Crippen LogP contribution < -0.4 is 5.32 Å². The normalized spacial score (nSPS) is 17.6. The molecule has 0 aromatic heterocycles. The first kappa shape index (κ1) is 18.0. The second-order valence-electron chi connectivity index (χ2n) is 5.61. The van der Waals surface area contributed by atoms with Gasteiger partial charge in [-0.2, -0.15) is 0 Å². The lowest BCUT2D eigenvalue weighted by Crippen LogP contribution is -2.40. The van der Waals surface area contributed by atoms with E-state index in [0.717, 1.165) is 38.8 Å². The van der Waals surface area contributed by atoms with Crippen LogP contribution in [-0.4, -0.2) is 37.0 Å². The maximum Gasteiger partial charge on any atom is 0.223 e. The van der Waals surface area contributed by atoms with E-state index in [1.54, 1.807) is 0 Å². The zero-order chi connectivity index (χ0) is 14.4. The highest BCUT2D eigenvalue weighted by Gasteiger charge is 2.27. The third-order valence-corrected chi connectivity index (χ3v) is 4.20. The molecule has 1 aromatic rings. The van der Waals surface area contributed by atoms with Crippen molar-refractivity contribution >= 4 is 18.3 Å². The van der Waals surface area contributed by atoms with Gasteiger partial charge in [-0.05, 0) is 43.9 Å². The molecule has 0 aliphatic carbocycles. The van der Waals surface area contributed by atoms with Crippen LogP contribution >= 0.6 is 12.4 Å². The Morgan fingerprint density at radius 2 is 1.95 bits per heavy atom. The number of halogens is 1. The van der Waals surface area contributed by atoms with E-state index >= 15 is 0 Å². The minimum absolute atomic E-state index is 0. The summed E-state index contributed by atoms with van der Waals surface area (Å²) in [6, 6.07) is 9.04. The van der Waals surface area contributed by atoms with Crippen LogP contribution in [0.25, 0.3) is 0 Å². The molecule has 3 nitrogen and oxygen atoms in total. The maximum absolute atomic E-state index is 12.3. The standard InChI is InChI=1S/C17H26N2O.ClH/c1-3-14-6-8-15(9-7-14)10-11-17(20)19-12-4-5-16(19)13-18-2;/h6-9,16,18H,3-5,10-13H2,1-2H3;1H. The van der Waals surface area contributed by atoms with E-state index in [9.17, 15) is 4.79 Å². The molecule has 1 aromatic carbocycles. The molecule has 1 aliphatic rings. The van der Waals surface area contributed by atoms with Crippen molar-refractivity contribution < 1.29 is 4.79 Å². The Morgan fingerprint density at radius 1 is 1.29 bits per heavy atom. The van der Waals surface area contributed by atoms with Gasteiger partial charge in [-0.3, -0.25) is 4.79 Å². The topological polar surface area (TPSA) is 32.3 Å². The Hall–Kier alpha value is -1.06. The van der Waals surface area contributed by atoms with Gasteiger partial charge in [0.25, 0.3) is 0 Å². The number of carbonyl (C=O) groups is 1. The number of nitrogens with one attached hydrogen (secondary N) is 1. The van der Waals surface area contributed by atoms with Crippen LogP contribution in [0.3, 0.4) is 0 Å². The number of aryl methyl sites for hydroxylation is 2. The Labute approximate surface area is 134 Å². The van der Waals surface area contributed by atoms with Crippen LogP contribution in [-0.2, 0) is 17.6 Å². The molecular weight excluding hydrogens is 284 g/mol. The van der Waals surface area contributed by atoms with Gasteiger partial charge in [-0.25, -0.2) is 0 Å². The molecule has 0 spiro atoms. The molecule has 2 rings (SSSR count). The molecule has 1 heterocycles. The summed E-state index contributed by atoms with van der Waals surface area (Å²) in [6.45, 7) is 4.00. The van der Waals surface area contributed by atoms with Crippen LogP contribution in [0.5, 0.6) is 0 Å². The average molecular weight is 311 g/mol. The predicted molar refractivity (Wildman–Crippen MR) is 90.1 cm³/mol. The van der Waals surface area contributed by atoms with Crippen LogP contribution in [0.2, 0.25) is 0 Å². The fourth-order valence-electron chi connectivity index (χ4n) is 2.95. The van der Waals surface area contributed by atoms with Gasteiger partial charge in [0.15, 0.2) is 0 Å². The van der Waals surface area contributed by atoms with Gasteiger partial charge in [0.1, 0.15) is 0 Å². The second-order valence-corrected chi connectivity index (χ2v) is 5.61. The molecule has 1 amide bonds. The summed E-state index contributed by atoms with van der Waals surface area (Å²) in [5.74, 6) is 0.308. The van der Waals surface area contributed by atoms with Gasteiger partial charge in [0.2, 0.25) is 5.91 Å². The molecule has 1 fully saturated rings. The van der Waals surface area contributed by atoms with Gasteiger partial charge in [0, 0.05) is 25.6 Å². The molecule has 1 N–H and O–H groups in total. The van der Waals surface area contributed by atoms with Gasteiger partial charge in [-0.1, -0.05) is 31.2 Å². The van der Waals surface area contributed by atoms with E-state index in [0.29, 0.717) is 18.4 Å². The monoisotopic (exact) mass is 310 g/mol. The lowest BCUT2D eigenvalue weighted by molar-refractivity contribution is -0.131. The van der Waals surface area contributed by atoms with Crippen molar-refractivity contribution in [3.8, 4) is 0 Å². The number of benzene rings is 1. The third-order valence-electron chi connectivity index (χ3n) is 4.20. The molecule has 0 bridgehead atoms. The first-order valence-electron chi connectivity index (χ1n) is 7.76. The minimum atomic E-state index is 0. The number of hydrogen-bond donors (Lipinski definition) is 1. The predicted octanol–water partition coefficient (Wildman–Crippen LogP) is 2.81. The molecule has 1 unspecified atom stereocenters. The molecule has 0 saturated carbocycles. The summed E-state index contributed by atoms with van der Waals surface area (Å²) < 4.78 is 0. The van der Waals surface area contributed by atoms with Gasteiger partial charge in [-0.15, -0.1) is 12.4 Å². The quantitative estimate of drug-likeness (QED) is 0.876. The minimum Gasteiger partial charge on any atom is -0.338 e. The molecule has 4 heteroatoms. The molecule has 1 atom stereocenters. The van der Waals surface area contributed by atoms with E-state index in [4.69, 9.17) is 0 Å². The number of hydrogen-bond acceptors (Lipinski definition) is 2. The first-order valence-corrected chi connectivity index (χ1v) is 7.76. The van der Waals surface area contributed by atoms with Crippen molar-refractivity contribution in [2.75, 3.05) is 20.1 Å². The summed E-state index contributed by atoms with van der Waals surface area (Å²) in [7, 11) is 1.95. The van der Waals surface area contributed by atoms with Gasteiger partial charge in [0.05, 0.1) is 0 Å². The second kappa shape index (κ2) is 9.06. The smallest absolute Gasteiger partial charge is 0.223 e. The van der Waals surface area contributed by atoms with Crippen LogP contribution in [0, 0.1) is 0 Å². The third kappa shape index (κ3) is 5.01. The zero-order valence-corrected chi connectivity index (χ0v) is 13.9. The summed E-state index contributed by atoms with van der Waals surface area (Å²) in [6.07, 6.45) is 4.83. The zero-order valence-electron chi connectivity index (χ0n) is 13.1.